The van der Waals surface area contributed by atoms with Gasteiger partial charge in [-0.25, -0.2) is 4.79 Å². The van der Waals surface area contributed by atoms with Gasteiger partial charge in [-0.3, -0.25) is 14.9 Å². The van der Waals surface area contributed by atoms with E-state index in [1.807, 2.05) is 30.3 Å². The predicted molar refractivity (Wildman–Crippen MR) is 92.9 cm³/mol. The van der Waals surface area contributed by atoms with Crippen LogP contribution in [0.3, 0.4) is 0 Å². The number of nitro groups is 1. The summed E-state index contributed by atoms with van der Waals surface area (Å²) in [5.74, 6) is -0.549. The number of hydrogen-bond acceptors (Lipinski definition) is 5. The van der Waals surface area contributed by atoms with E-state index in [4.69, 9.17) is 4.74 Å². The SMILES string of the molecule is O=C(OCc1ccccc1)[C@@H]1CCC(=O)N1Cc1ccc([N+](=O)[O-])cc1. The fourth-order valence-corrected chi connectivity index (χ4v) is 2.92. The summed E-state index contributed by atoms with van der Waals surface area (Å²) < 4.78 is 5.36. The van der Waals surface area contributed by atoms with E-state index >= 15 is 0 Å². The van der Waals surface area contributed by atoms with Crippen molar-refractivity contribution < 1.29 is 19.2 Å². The summed E-state index contributed by atoms with van der Waals surface area (Å²) >= 11 is 0. The first kappa shape index (κ1) is 17.6. The number of rotatable bonds is 6. The summed E-state index contributed by atoms with van der Waals surface area (Å²) in [5.41, 5.74) is 1.60. The number of likely N-dealkylation sites (tertiary alicyclic amines) is 1. The third-order valence-corrected chi connectivity index (χ3v) is 4.32. The van der Waals surface area contributed by atoms with Gasteiger partial charge in [0.1, 0.15) is 12.6 Å². The second-order valence-corrected chi connectivity index (χ2v) is 6.09. The van der Waals surface area contributed by atoms with E-state index in [2.05, 4.69) is 0 Å². The Hall–Kier alpha value is -3.22. The molecule has 2 aromatic carbocycles. The first-order valence-corrected chi connectivity index (χ1v) is 8.28. The molecule has 0 radical (unpaired) electrons. The highest BCUT2D eigenvalue weighted by molar-refractivity contribution is 5.88. The zero-order valence-electron chi connectivity index (χ0n) is 14.0. The largest absolute Gasteiger partial charge is 0.459 e. The number of carbonyl (C=O) groups is 2. The molecule has 1 heterocycles. The van der Waals surface area contributed by atoms with Crippen LogP contribution in [0.15, 0.2) is 54.6 Å². The average Bonchev–Trinajstić information content (AvgIpc) is 3.01. The Kier molecular flexibility index (Phi) is 5.26. The molecular formula is C19H18N2O5. The molecule has 3 rings (SSSR count). The highest BCUT2D eigenvalue weighted by atomic mass is 16.6. The van der Waals surface area contributed by atoms with Crippen molar-refractivity contribution in [3.63, 3.8) is 0 Å². The summed E-state index contributed by atoms with van der Waals surface area (Å²) in [6, 6.07) is 14.7. The van der Waals surface area contributed by atoms with E-state index in [1.165, 1.54) is 17.0 Å². The van der Waals surface area contributed by atoms with Crippen LogP contribution in [0.2, 0.25) is 0 Å². The highest BCUT2D eigenvalue weighted by Gasteiger charge is 2.37. The van der Waals surface area contributed by atoms with Crippen LogP contribution in [0.1, 0.15) is 24.0 Å². The van der Waals surface area contributed by atoms with Crippen LogP contribution < -0.4 is 0 Å². The Balaban J connectivity index is 1.64. The number of carbonyl (C=O) groups excluding carboxylic acids is 2. The Morgan fingerprint density at radius 2 is 1.81 bits per heavy atom. The fourth-order valence-electron chi connectivity index (χ4n) is 2.92. The quantitative estimate of drug-likeness (QED) is 0.452. The minimum absolute atomic E-state index is 0.0136. The summed E-state index contributed by atoms with van der Waals surface area (Å²) in [5, 5.41) is 10.7. The lowest BCUT2D eigenvalue weighted by molar-refractivity contribution is -0.384. The number of non-ortho nitro benzene ring substituents is 1. The summed E-state index contributed by atoms with van der Waals surface area (Å²) in [6.07, 6.45) is 0.706. The molecule has 0 unspecified atom stereocenters. The Morgan fingerprint density at radius 1 is 1.12 bits per heavy atom. The predicted octanol–water partition coefficient (Wildman–Crippen LogP) is 2.83. The Labute approximate surface area is 150 Å². The van der Waals surface area contributed by atoms with Crippen LogP contribution in [0.25, 0.3) is 0 Å². The topological polar surface area (TPSA) is 89.8 Å². The molecule has 0 spiro atoms. The molecule has 7 nitrogen and oxygen atoms in total. The van der Waals surface area contributed by atoms with Crippen molar-refractivity contribution >= 4 is 17.6 Å². The normalized spacial score (nSPS) is 16.5. The number of amides is 1. The van der Waals surface area contributed by atoms with Crippen molar-refractivity contribution in [3.8, 4) is 0 Å². The summed E-state index contributed by atoms with van der Waals surface area (Å²) in [7, 11) is 0. The summed E-state index contributed by atoms with van der Waals surface area (Å²) in [4.78, 5) is 36.3. The van der Waals surface area contributed by atoms with Crippen LogP contribution in [0, 0.1) is 10.1 Å². The van der Waals surface area contributed by atoms with Crippen molar-refractivity contribution in [3.05, 3.63) is 75.8 Å². The molecule has 0 N–H and O–H groups in total. The first-order valence-electron chi connectivity index (χ1n) is 8.28. The van der Waals surface area contributed by atoms with Gasteiger partial charge in [0.05, 0.1) is 4.92 Å². The van der Waals surface area contributed by atoms with E-state index < -0.39 is 16.9 Å². The molecular weight excluding hydrogens is 336 g/mol. The minimum Gasteiger partial charge on any atom is -0.459 e. The third kappa shape index (κ3) is 4.05. The van der Waals surface area contributed by atoms with Crippen molar-refractivity contribution in [2.75, 3.05) is 0 Å². The molecule has 1 saturated heterocycles. The molecule has 0 aromatic heterocycles. The van der Waals surface area contributed by atoms with Crippen LogP contribution in [0.5, 0.6) is 0 Å². The van der Waals surface area contributed by atoms with Crippen molar-refractivity contribution in [2.45, 2.75) is 32.0 Å². The maximum Gasteiger partial charge on any atom is 0.329 e. The fraction of sp³-hybridized carbons (Fsp3) is 0.263. The van der Waals surface area contributed by atoms with Gasteiger partial charge in [0.2, 0.25) is 5.91 Å². The van der Waals surface area contributed by atoms with Gasteiger partial charge in [-0.15, -0.1) is 0 Å². The zero-order valence-corrected chi connectivity index (χ0v) is 14.0. The second-order valence-electron chi connectivity index (χ2n) is 6.09. The Bertz CT molecular complexity index is 804. The molecule has 1 fully saturated rings. The second kappa shape index (κ2) is 7.77. The van der Waals surface area contributed by atoms with Crippen LogP contribution >= 0.6 is 0 Å². The lowest BCUT2D eigenvalue weighted by Crippen LogP contribution is -2.39. The number of benzene rings is 2. The average molecular weight is 354 g/mol. The molecule has 26 heavy (non-hydrogen) atoms. The number of ether oxygens (including phenoxy) is 1. The van der Waals surface area contributed by atoms with Gasteiger partial charge in [0.15, 0.2) is 0 Å². The maximum absolute atomic E-state index is 12.4. The van der Waals surface area contributed by atoms with Crippen LogP contribution in [-0.4, -0.2) is 27.7 Å². The number of nitrogens with zero attached hydrogens (tertiary/aromatic N) is 2. The van der Waals surface area contributed by atoms with E-state index in [1.54, 1.807) is 12.1 Å². The molecule has 0 bridgehead atoms. The molecule has 0 saturated carbocycles. The number of nitro benzene ring substituents is 1. The molecule has 1 atom stereocenters. The summed E-state index contributed by atoms with van der Waals surface area (Å²) in [6.45, 7) is 0.387. The Morgan fingerprint density at radius 3 is 2.46 bits per heavy atom. The van der Waals surface area contributed by atoms with E-state index in [9.17, 15) is 19.7 Å². The van der Waals surface area contributed by atoms with Crippen molar-refractivity contribution in [1.82, 2.24) is 4.90 Å². The number of hydrogen-bond donors (Lipinski definition) is 0. The lowest BCUT2D eigenvalue weighted by atomic mass is 10.1. The molecule has 2 aromatic rings. The van der Waals surface area contributed by atoms with Crippen molar-refractivity contribution in [1.29, 1.82) is 0 Å². The van der Waals surface area contributed by atoms with Gasteiger partial charge >= 0.3 is 5.97 Å². The minimum atomic E-state index is -0.624. The third-order valence-electron chi connectivity index (χ3n) is 4.32. The van der Waals surface area contributed by atoms with E-state index in [-0.39, 0.29) is 31.2 Å². The first-order chi connectivity index (χ1) is 12.5. The van der Waals surface area contributed by atoms with E-state index in [0.29, 0.717) is 6.42 Å². The molecule has 1 aliphatic rings. The molecule has 134 valence electrons. The van der Waals surface area contributed by atoms with Crippen molar-refractivity contribution in [2.24, 2.45) is 0 Å². The lowest BCUT2D eigenvalue weighted by Gasteiger charge is -2.23. The molecule has 1 amide bonds. The van der Waals surface area contributed by atoms with Gasteiger partial charge in [-0.05, 0) is 17.5 Å². The van der Waals surface area contributed by atoms with Gasteiger partial charge in [0, 0.05) is 25.1 Å². The number of esters is 1. The van der Waals surface area contributed by atoms with Gasteiger partial charge in [0.25, 0.3) is 5.69 Å². The van der Waals surface area contributed by atoms with Crippen LogP contribution in [-0.2, 0) is 27.5 Å². The van der Waals surface area contributed by atoms with Gasteiger partial charge < -0.3 is 9.64 Å². The van der Waals surface area contributed by atoms with Gasteiger partial charge in [-0.1, -0.05) is 42.5 Å². The molecule has 7 heteroatoms. The maximum atomic E-state index is 12.4. The zero-order chi connectivity index (χ0) is 18.5. The highest BCUT2D eigenvalue weighted by Crippen LogP contribution is 2.24. The monoisotopic (exact) mass is 354 g/mol. The standard InChI is InChI=1S/C19H18N2O5/c22-18-11-10-17(19(23)26-13-15-4-2-1-3-5-15)20(18)12-14-6-8-16(9-7-14)21(24)25/h1-9,17H,10-13H2/t17-/m0/s1. The molecule has 0 aliphatic carbocycles. The van der Waals surface area contributed by atoms with Gasteiger partial charge in [-0.2, -0.15) is 0 Å². The smallest absolute Gasteiger partial charge is 0.329 e. The van der Waals surface area contributed by atoms with E-state index in [0.717, 1.165) is 11.1 Å². The molecule has 1 aliphatic heterocycles. The van der Waals surface area contributed by atoms with Crippen LogP contribution in [0.4, 0.5) is 5.69 Å².